The fourth-order valence-electron chi connectivity index (χ4n) is 1.44. The number of halogens is 2. The van der Waals surface area contributed by atoms with Gasteiger partial charge in [0.25, 0.3) is 5.56 Å². The van der Waals surface area contributed by atoms with Crippen molar-refractivity contribution in [2.24, 2.45) is 11.8 Å². The summed E-state index contributed by atoms with van der Waals surface area (Å²) in [5.41, 5.74) is 0.0692. The summed E-state index contributed by atoms with van der Waals surface area (Å²) in [5.74, 6) is 1.79. The van der Waals surface area contributed by atoms with E-state index in [9.17, 15) is 4.79 Å². The minimum absolute atomic E-state index is 0.0692. The molecule has 1 aromatic rings. The maximum atomic E-state index is 12.0. The van der Waals surface area contributed by atoms with E-state index in [-0.39, 0.29) is 5.56 Å². The average Bonchev–Trinajstić information content (AvgIpc) is 2.23. The van der Waals surface area contributed by atoms with Crippen molar-refractivity contribution in [1.82, 2.24) is 9.55 Å². The molecule has 0 bridgehead atoms. The van der Waals surface area contributed by atoms with E-state index in [2.05, 4.69) is 34.8 Å². The van der Waals surface area contributed by atoms with Gasteiger partial charge in [-0.05, 0) is 41.4 Å². The van der Waals surface area contributed by atoms with E-state index < -0.39 is 0 Å². The van der Waals surface area contributed by atoms with E-state index in [0.717, 1.165) is 17.7 Å². The molecule has 5 heteroatoms. The van der Waals surface area contributed by atoms with Crippen molar-refractivity contribution in [3.05, 3.63) is 25.9 Å². The number of aromatic nitrogens is 2. The van der Waals surface area contributed by atoms with Gasteiger partial charge in [-0.25, -0.2) is 4.98 Å². The lowest BCUT2D eigenvalue weighted by atomic mass is 9.98. The van der Waals surface area contributed by atoms with E-state index in [1.165, 1.54) is 0 Å². The van der Waals surface area contributed by atoms with Gasteiger partial charge in [0, 0.05) is 18.1 Å². The van der Waals surface area contributed by atoms with E-state index in [4.69, 9.17) is 0 Å². The molecule has 0 aliphatic heterocycles. The number of aryl methyl sites for hydroxylation is 1. The van der Waals surface area contributed by atoms with Crippen LogP contribution in [0.1, 0.15) is 19.7 Å². The fraction of sp³-hybridized carbons (Fsp3) is 0.636. The second-order valence-corrected chi connectivity index (χ2v) is 6.04. The Bertz CT molecular complexity index is 417. The molecular weight excluding hydrogens is 383 g/mol. The van der Waals surface area contributed by atoms with Crippen molar-refractivity contribution in [3.8, 4) is 0 Å². The van der Waals surface area contributed by atoms with Crippen LogP contribution in [0.5, 0.6) is 0 Å². The molecule has 0 aliphatic carbocycles. The minimum Gasteiger partial charge on any atom is -0.296 e. The molecule has 1 atom stereocenters. The van der Waals surface area contributed by atoms with Gasteiger partial charge in [-0.3, -0.25) is 9.36 Å². The van der Waals surface area contributed by atoms with Crippen LogP contribution >= 0.6 is 38.5 Å². The van der Waals surface area contributed by atoms with Crippen molar-refractivity contribution in [2.45, 2.75) is 27.3 Å². The van der Waals surface area contributed by atoms with Crippen LogP contribution in [0.25, 0.3) is 0 Å². The summed E-state index contributed by atoms with van der Waals surface area (Å²) in [7, 11) is 0. The quantitative estimate of drug-likeness (QED) is 0.577. The zero-order chi connectivity index (χ0) is 12.3. The first-order chi connectivity index (χ1) is 7.47. The number of rotatable bonds is 4. The SMILES string of the molecule is Cc1ncc(I)c(=O)n1CC(CBr)C(C)C. The predicted octanol–water partition coefficient (Wildman–Crippen LogP) is 2.82. The van der Waals surface area contributed by atoms with Crippen LogP contribution in [-0.2, 0) is 6.54 Å². The Morgan fingerprint density at radius 2 is 2.19 bits per heavy atom. The highest BCUT2D eigenvalue weighted by Crippen LogP contribution is 2.16. The normalized spacial score (nSPS) is 13.1. The molecule has 0 amide bonds. The van der Waals surface area contributed by atoms with Crippen molar-refractivity contribution in [1.29, 1.82) is 0 Å². The van der Waals surface area contributed by atoms with Gasteiger partial charge in [0.05, 0.1) is 3.57 Å². The summed E-state index contributed by atoms with van der Waals surface area (Å²) in [4.78, 5) is 16.2. The zero-order valence-electron chi connectivity index (χ0n) is 9.70. The van der Waals surface area contributed by atoms with E-state index >= 15 is 0 Å². The maximum absolute atomic E-state index is 12.0. The molecule has 0 N–H and O–H groups in total. The lowest BCUT2D eigenvalue weighted by Crippen LogP contribution is -2.30. The van der Waals surface area contributed by atoms with Crippen LogP contribution in [-0.4, -0.2) is 14.9 Å². The molecule has 0 aliphatic rings. The van der Waals surface area contributed by atoms with Gasteiger partial charge in [0.2, 0.25) is 0 Å². The third kappa shape index (κ3) is 3.29. The Morgan fingerprint density at radius 1 is 1.56 bits per heavy atom. The Labute approximate surface area is 118 Å². The molecule has 1 aromatic heterocycles. The van der Waals surface area contributed by atoms with Crippen LogP contribution in [0.4, 0.5) is 0 Å². The summed E-state index contributed by atoms with van der Waals surface area (Å²) >= 11 is 5.54. The van der Waals surface area contributed by atoms with Gasteiger partial charge >= 0.3 is 0 Å². The minimum atomic E-state index is 0.0692. The van der Waals surface area contributed by atoms with Crippen LogP contribution in [0.3, 0.4) is 0 Å². The van der Waals surface area contributed by atoms with E-state index in [1.807, 2.05) is 29.5 Å². The first kappa shape index (κ1) is 14.2. The van der Waals surface area contributed by atoms with E-state index in [1.54, 1.807) is 10.8 Å². The van der Waals surface area contributed by atoms with E-state index in [0.29, 0.717) is 15.4 Å². The molecule has 1 rings (SSSR count). The summed E-state index contributed by atoms with van der Waals surface area (Å²) in [5, 5.41) is 0.905. The van der Waals surface area contributed by atoms with Gasteiger partial charge in [0.1, 0.15) is 5.82 Å². The van der Waals surface area contributed by atoms with Crippen molar-refractivity contribution in [3.63, 3.8) is 0 Å². The van der Waals surface area contributed by atoms with Gasteiger partial charge in [-0.2, -0.15) is 0 Å². The molecule has 0 saturated carbocycles. The Hall–Kier alpha value is 0.0900. The lowest BCUT2D eigenvalue weighted by Gasteiger charge is -2.20. The molecule has 1 unspecified atom stereocenters. The molecule has 0 aromatic carbocycles. The first-order valence-electron chi connectivity index (χ1n) is 5.25. The predicted molar refractivity (Wildman–Crippen MR) is 78.1 cm³/mol. The van der Waals surface area contributed by atoms with Crippen LogP contribution in [0.15, 0.2) is 11.0 Å². The van der Waals surface area contributed by atoms with Gasteiger partial charge in [-0.15, -0.1) is 0 Å². The molecule has 0 spiro atoms. The molecule has 0 radical (unpaired) electrons. The number of alkyl halides is 1. The lowest BCUT2D eigenvalue weighted by molar-refractivity contribution is 0.362. The summed E-state index contributed by atoms with van der Waals surface area (Å²) < 4.78 is 2.45. The summed E-state index contributed by atoms with van der Waals surface area (Å²) in [6.45, 7) is 6.96. The summed E-state index contributed by atoms with van der Waals surface area (Å²) in [6, 6.07) is 0. The highest BCUT2D eigenvalue weighted by molar-refractivity contribution is 14.1. The third-order valence-electron chi connectivity index (χ3n) is 2.76. The largest absolute Gasteiger partial charge is 0.296 e. The monoisotopic (exact) mass is 398 g/mol. The molecular formula is C11H16BrIN2O. The Balaban J connectivity index is 3.05. The summed E-state index contributed by atoms with van der Waals surface area (Å²) in [6.07, 6.45) is 1.63. The van der Waals surface area contributed by atoms with Crippen molar-refractivity contribution >= 4 is 38.5 Å². The third-order valence-corrected chi connectivity index (χ3v) is 4.33. The molecule has 16 heavy (non-hydrogen) atoms. The van der Waals surface area contributed by atoms with Gasteiger partial charge in [0.15, 0.2) is 0 Å². The molecule has 90 valence electrons. The van der Waals surface area contributed by atoms with Crippen LogP contribution in [0, 0.1) is 22.3 Å². The second-order valence-electron chi connectivity index (χ2n) is 4.23. The van der Waals surface area contributed by atoms with Crippen molar-refractivity contribution < 1.29 is 0 Å². The van der Waals surface area contributed by atoms with Crippen molar-refractivity contribution in [2.75, 3.05) is 5.33 Å². The maximum Gasteiger partial charge on any atom is 0.266 e. The molecule has 3 nitrogen and oxygen atoms in total. The van der Waals surface area contributed by atoms with Crippen LogP contribution < -0.4 is 5.56 Å². The number of hydrogen-bond acceptors (Lipinski definition) is 2. The zero-order valence-corrected chi connectivity index (χ0v) is 13.4. The fourth-order valence-corrected chi connectivity index (χ4v) is 2.82. The highest BCUT2D eigenvalue weighted by Gasteiger charge is 2.15. The smallest absolute Gasteiger partial charge is 0.266 e. The Morgan fingerprint density at radius 3 is 2.69 bits per heavy atom. The molecule has 1 heterocycles. The molecule has 0 saturated heterocycles. The molecule has 0 fully saturated rings. The number of hydrogen-bond donors (Lipinski definition) is 0. The number of nitrogens with zero attached hydrogens (tertiary/aromatic N) is 2. The second kappa shape index (κ2) is 6.14. The Kier molecular flexibility index (Phi) is 5.43. The first-order valence-corrected chi connectivity index (χ1v) is 7.45. The average molecular weight is 399 g/mol. The highest BCUT2D eigenvalue weighted by atomic mass is 127. The van der Waals surface area contributed by atoms with Crippen LogP contribution in [0.2, 0.25) is 0 Å². The topological polar surface area (TPSA) is 34.9 Å². The van der Waals surface area contributed by atoms with Gasteiger partial charge < -0.3 is 0 Å². The van der Waals surface area contributed by atoms with Gasteiger partial charge in [-0.1, -0.05) is 29.8 Å². The standard InChI is InChI=1S/C11H16BrIN2O/c1-7(2)9(4-12)6-15-8(3)14-5-10(13)11(15)16/h5,7,9H,4,6H2,1-3H3.